The first-order valence-corrected chi connectivity index (χ1v) is 5.68. The molecule has 1 aromatic carbocycles. The second kappa shape index (κ2) is 6.26. The van der Waals surface area contributed by atoms with E-state index in [-0.39, 0.29) is 18.7 Å². The van der Waals surface area contributed by atoms with Crippen LogP contribution in [0.5, 0.6) is 0 Å². The Balaban J connectivity index is 2.65. The van der Waals surface area contributed by atoms with Gasteiger partial charge in [-0.3, -0.25) is 14.9 Å². The Labute approximate surface area is 110 Å². The molecule has 0 saturated carbocycles. The maximum Gasteiger partial charge on any atom is 0.273 e. The highest BCUT2D eigenvalue weighted by Gasteiger charge is 2.21. The highest BCUT2D eigenvalue weighted by Crippen LogP contribution is 2.17. The van der Waals surface area contributed by atoms with Gasteiger partial charge in [-0.1, -0.05) is 18.2 Å². The van der Waals surface area contributed by atoms with E-state index >= 15 is 0 Å². The summed E-state index contributed by atoms with van der Waals surface area (Å²) in [6, 6.07) is 5.96. The zero-order chi connectivity index (χ0) is 14.5. The molecule has 0 aliphatic heterocycles. The lowest BCUT2D eigenvalue weighted by molar-refractivity contribution is -0.385. The van der Waals surface area contributed by atoms with E-state index in [1.807, 2.05) is 0 Å². The van der Waals surface area contributed by atoms with Crippen molar-refractivity contribution in [2.24, 2.45) is 0 Å². The molecule has 0 spiro atoms. The highest BCUT2D eigenvalue weighted by molar-refractivity contribution is 5.79. The van der Waals surface area contributed by atoms with E-state index in [1.54, 1.807) is 6.07 Å². The Morgan fingerprint density at radius 2 is 2.11 bits per heavy atom. The summed E-state index contributed by atoms with van der Waals surface area (Å²) in [5.74, 6) is -0.456. The summed E-state index contributed by atoms with van der Waals surface area (Å²) in [6.07, 6.45) is -0.154. The van der Waals surface area contributed by atoms with Crippen molar-refractivity contribution >= 4 is 11.6 Å². The number of nitro benzene ring substituents is 1. The molecule has 0 aliphatic carbocycles. The van der Waals surface area contributed by atoms with E-state index in [2.05, 4.69) is 5.32 Å². The maximum atomic E-state index is 11.6. The van der Waals surface area contributed by atoms with Crippen molar-refractivity contribution in [3.05, 3.63) is 39.9 Å². The van der Waals surface area contributed by atoms with E-state index in [1.165, 1.54) is 25.1 Å². The number of amides is 1. The number of aliphatic hydroxyl groups excluding tert-OH is 1. The molecule has 0 heterocycles. The van der Waals surface area contributed by atoms with Gasteiger partial charge >= 0.3 is 0 Å². The SMILES string of the molecule is CC(O)(CO)CNC(=O)Cc1ccccc1[N+](=O)[O-]. The lowest BCUT2D eigenvalue weighted by Gasteiger charge is -2.20. The Kier molecular flexibility index (Phi) is 4.96. The van der Waals surface area contributed by atoms with Gasteiger partial charge in [-0.15, -0.1) is 0 Å². The molecule has 1 amide bonds. The fourth-order valence-corrected chi connectivity index (χ4v) is 1.42. The number of carbonyl (C=O) groups excluding carboxylic acids is 1. The fraction of sp³-hybridized carbons (Fsp3) is 0.417. The molecule has 0 fully saturated rings. The number of carbonyl (C=O) groups is 1. The molecule has 0 bridgehead atoms. The number of aliphatic hydroxyl groups is 2. The van der Waals surface area contributed by atoms with Crippen LogP contribution in [-0.2, 0) is 11.2 Å². The number of hydrogen-bond acceptors (Lipinski definition) is 5. The Morgan fingerprint density at radius 1 is 1.47 bits per heavy atom. The molecule has 1 aromatic rings. The van der Waals surface area contributed by atoms with Gasteiger partial charge < -0.3 is 15.5 Å². The average Bonchev–Trinajstić information content (AvgIpc) is 2.37. The second-order valence-electron chi connectivity index (χ2n) is 4.49. The molecule has 1 atom stereocenters. The maximum absolute atomic E-state index is 11.6. The lowest BCUT2D eigenvalue weighted by atomic mass is 10.1. The third-order valence-corrected chi connectivity index (χ3v) is 2.55. The summed E-state index contributed by atoms with van der Waals surface area (Å²) >= 11 is 0. The van der Waals surface area contributed by atoms with Gasteiger partial charge in [0, 0.05) is 18.2 Å². The Hall–Kier alpha value is -1.99. The molecule has 1 unspecified atom stereocenters. The molecular weight excluding hydrogens is 252 g/mol. The summed E-state index contributed by atoms with van der Waals surface area (Å²) < 4.78 is 0. The first-order chi connectivity index (χ1) is 8.85. The minimum absolute atomic E-state index is 0.119. The summed E-state index contributed by atoms with van der Waals surface area (Å²) in [6.45, 7) is 0.764. The van der Waals surface area contributed by atoms with Crippen LogP contribution in [0, 0.1) is 10.1 Å². The van der Waals surface area contributed by atoms with Crippen LogP contribution < -0.4 is 5.32 Å². The fourth-order valence-electron chi connectivity index (χ4n) is 1.42. The zero-order valence-electron chi connectivity index (χ0n) is 10.5. The topological polar surface area (TPSA) is 113 Å². The summed E-state index contributed by atoms with van der Waals surface area (Å²) in [5.41, 5.74) is -1.22. The summed E-state index contributed by atoms with van der Waals surface area (Å²) in [7, 11) is 0. The van der Waals surface area contributed by atoms with Crippen LogP contribution in [-0.4, -0.2) is 39.8 Å². The average molecular weight is 268 g/mol. The van der Waals surface area contributed by atoms with E-state index in [0.29, 0.717) is 5.56 Å². The molecule has 7 heteroatoms. The number of nitrogens with zero attached hydrogens (tertiary/aromatic N) is 1. The van der Waals surface area contributed by atoms with Crippen LogP contribution >= 0.6 is 0 Å². The first-order valence-electron chi connectivity index (χ1n) is 5.68. The molecule has 0 aromatic heterocycles. The van der Waals surface area contributed by atoms with Crippen molar-refractivity contribution in [1.29, 1.82) is 0 Å². The smallest absolute Gasteiger partial charge is 0.273 e. The third-order valence-electron chi connectivity index (χ3n) is 2.55. The Bertz CT molecular complexity index is 473. The second-order valence-corrected chi connectivity index (χ2v) is 4.49. The van der Waals surface area contributed by atoms with Crippen molar-refractivity contribution < 1.29 is 19.9 Å². The van der Waals surface area contributed by atoms with Crippen molar-refractivity contribution in [3.8, 4) is 0 Å². The predicted molar refractivity (Wildman–Crippen MR) is 67.5 cm³/mol. The van der Waals surface area contributed by atoms with Crippen LogP contribution in [0.3, 0.4) is 0 Å². The van der Waals surface area contributed by atoms with E-state index in [9.17, 15) is 20.0 Å². The van der Waals surface area contributed by atoms with Crippen molar-refractivity contribution in [2.45, 2.75) is 18.9 Å². The third kappa shape index (κ3) is 4.65. The number of benzene rings is 1. The molecule has 3 N–H and O–H groups in total. The minimum atomic E-state index is -1.40. The number of para-hydroxylation sites is 1. The standard InChI is InChI=1S/C12H16N2O5/c1-12(17,8-15)7-13-11(16)6-9-4-2-3-5-10(9)14(18)19/h2-5,15,17H,6-8H2,1H3,(H,13,16). The van der Waals surface area contributed by atoms with Gasteiger partial charge in [0.25, 0.3) is 5.69 Å². The van der Waals surface area contributed by atoms with Gasteiger partial charge in [0.05, 0.1) is 18.0 Å². The number of nitro groups is 1. The van der Waals surface area contributed by atoms with Gasteiger partial charge in [0.15, 0.2) is 0 Å². The van der Waals surface area contributed by atoms with Crippen molar-refractivity contribution in [2.75, 3.05) is 13.2 Å². The first kappa shape index (κ1) is 15.1. The van der Waals surface area contributed by atoms with E-state index < -0.39 is 23.0 Å². The molecule has 0 saturated heterocycles. The van der Waals surface area contributed by atoms with Crippen LogP contribution in [0.15, 0.2) is 24.3 Å². The normalized spacial score (nSPS) is 13.6. The van der Waals surface area contributed by atoms with Crippen LogP contribution in [0.2, 0.25) is 0 Å². The molecule has 0 radical (unpaired) electrons. The van der Waals surface area contributed by atoms with E-state index in [0.717, 1.165) is 0 Å². The van der Waals surface area contributed by atoms with Gasteiger partial charge in [-0.05, 0) is 6.92 Å². The van der Waals surface area contributed by atoms with Gasteiger partial charge in [-0.25, -0.2) is 0 Å². The summed E-state index contributed by atoms with van der Waals surface area (Å²) in [4.78, 5) is 21.8. The quantitative estimate of drug-likeness (QED) is 0.496. The minimum Gasteiger partial charge on any atom is -0.393 e. The summed E-state index contributed by atoms with van der Waals surface area (Å²) in [5, 5.41) is 31.5. The Morgan fingerprint density at radius 3 is 2.68 bits per heavy atom. The number of nitrogens with one attached hydrogen (secondary N) is 1. The predicted octanol–water partition coefficient (Wildman–Crippen LogP) is -0.00320. The van der Waals surface area contributed by atoms with Gasteiger partial charge in [0.2, 0.25) is 5.91 Å². The largest absolute Gasteiger partial charge is 0.393 e. The molecule has 19 heavy (non-hydrogen) atoms. The van der Waals surface area contributed by atoms with Gasteiger partial charge in [-0.2, -0.15) is 0 Å². The molecule has 104 valence electrons. The van der Waals surface area contributed by atoms with Crippen molar-refractivity contribution in [1.82, 2.24) is 5.32 Å². The molecule has 1 rings (SSSR count). The number of hydrogen-bond donors (Lipinski definition) is 3. The monoisotopic (exact) mass is 268 g/mol. The van der Waals surface area contributed by atoms with Crippen LogP contribution in [0.4, 0.5) is 5.69 Å². The number of rotatable bonds is 6. The van der Waals surface area contributed by atoms with Crippen molar-refractivity contribution in [3.63, 3.8) is 0 Å². The zero-order valence-corrected chi connectivity index (χ0v) is 10.5. The molecule has 0 aliphatic rings. The highest BCUT2D eigenvalue weighted by atomic mass is 16.6. The van der Waals surface area contributed by atoms with E-state index in [4.69, 9.17) is 5.11 Å². The molecule has 7 nitrogen and oxygen atoms in total. The lowest BCUT2D eigenvalue weighted by Crippen LogP contribution is -2.43. The molecular formula is C12H16N2O5. The van der Waals surface area contributed by atoms with Crippen LogP contribution in [0.1, 0.15) is 12.5 Å². The van der Waals surface area contributed by atoms with Crippen LogP contribution in [0.25, 0.3) is 0 Å². The van der Waals surface area contributed by atoms with Gasteiger partial charge in [0.1, 0.15) is 5.60 Å².